The quantitative estimate of drug-likeness (QED) is 0.281. The minimum atomic E-state index is -4.10. The van der Waals surface area contributed by atoms with Crippen molar-refractivity contribution in [3.05, 3.63) is 71.8 Å². The number of nitrogens with zero attached hydrogens (tertiary/aromatic N) is 4. The number of methoxy groups -OCH3 is 1. The van der Waals surface area contributed by atoms with Crippen molar-refractivity contribution in [1.82, 2.24) is 24.2 Å². The van der Waals surface area contributed by atoms with Crippen LogP contribution in [-0.4, -0.2) is 64.7 Å². The average molecular weight is 553 g/mol. The van der Waals surface area contributed by atoms with Gasteiger partial charge < -0.3 is 9.72 Å². The molecule has 4 aromatic rings. The Hall–Kier alpha value is -3.74. The molecule has 0 saturated heterocycles. The Bertz CT molecular complexity index is 1650. The van der Waals surface area contributed by atoms with E-state index < -0.39 is 27.3 Å². The van der Waals surface area contributed by atoms with E-state index in [0.29, 0.717) is 35.3 Å². The van der Waals surface area contributed by atoms with E-state index in [9.17, 15) is 13.2 Å². The molecule has 0 aliphatic heterocycles. The first-order valence-electron chi connectivity index (χ1n) is 12.4. The number of carbonyl (C=O) groups is 1. The highest BCUT2D eigenvalue weighted by Gasteiger charge is 2.51. The van der Waals surface area contributed by atoms with Crippen molar-refractivity contribution >= 4 is 32.7 Å². The highest BCUT2D eigenvalue weighted by molar-refractivity contribution is 7.90. The van der Waals surface area contributed by atoms with Crippen LogP contribution >= 0.6 is 0 Å². The molecule has 0 amide bonds. The molecule has 1 saturated carbocycles. The van der Waals surface area contributed by atoms with Crippen molar-refractivity contribution in [2.45, 2.75) is 38.1 Å². The van der Waals surface area contributed by atoms with E-state index in [4.69, 9.17) is 4.74 Å². The number of hydrogen-bond acceptors (Lipinski definition) is 7. The molecule has 0 atom stereocenters. The maximum Gasteiger partial charge on any atom is 0.302 e. The number of aromatic nitrogens is 4. The lowest BCUT2D eigenvalue weighted by atomic mass is 10.0. The zero-order valence-electron chi connectivity index (χ0n) is 22.0. The molecule has 0 spiro atoms. The Morgan fingerprint density at radius 1 is 1.15 bits per heavy atom. The highest BCUT2D eigenvalue weighted by atomic mass is 32.2. The van der Waals surface area contributed by atoms with Gasteiger partial charge in [-0.1, -0.05) is 19.9 Å². The standard InChI is InChI=1S/C27H29FN6O4S/c1-16(2)25-29-12-18(13-30-25)17-10-20-21(14-32-26(20)31-11-17)24(35)19-6-5-7-22(23(19)28)33-39(36,37)34(3)27(8-9-27)15-38-4/h5-7,10-14,16,33H,8-9,15H2,1-4H3,(H,31,32). The lowest BCUT2D eigenvalue weighted by Crippen LogP contribution is -2.44. The monoisotopic (exact) mass is 552 g/mol. The van der Waals surface area contributed by atoms with E-state index in [0.717, 1.165) is 5.56 Å². The van der Waals surface area contributed by atoms with E-state index in [1.165, 1.54) is 42.9 Å². The number of fused-ring (bicyclic) bond motifs is 1. The lowest BCUT2D eigenvalue weighted by Gasteiger charge is -2.27. The molecule has 39 heavy (non-hydrogen) atoms. The van der Waals surface area contributed by atoms with Gasteiger partial charge in [0, 0.05) is 66.9 Å². The van der Waals surface area contributed by atoms with Crippen molar-refractivity contribution in [1.29, 1.82) is 0 Å². The fourth-order valence-electron chi connectivity index (χ4n) is 4.49. The van der Waals surface area contributed by atoms with Crippen LogP contribution in [0.3, 0.4) is 0 Å². The summed E-state index contributed by atoms with van der Waals surface area (Å²) >= 11 is 0. The number of carbonyl (C=O) groups excluding carboxylic acids is 1. The van der Waals surface area contributed by atoms with Gasteiger partial charge in [0.15, 0.2) is 11.6 Å². The summed E-state index contributed by atoms with van der Waals surface area (Å²) in [6, 6.07) is 5.80. The predicted molar refractivity (Wildman–Crippen MR) is 145 cm³/mol. The SMILES string of the molecule is COCC1(N(C)S(=O)(=O)Nc2cccc(C(=O)c3c[nH]c4ncc(-c5cnc(C(C)C)nc5)cc34)c2F)CC1. The largest absolute Gasteiger partial charge is 0.383 e. The fourth-order valence-corrected chi connectivity index (χ4v) is 5.81. The number of aromatic amines is 1. The van der Waals surface area contributed by atoms with Crippen LogP contribution in [0.2, 0.25) is 0 Å². The van der Waals surface area contributed by atoms with Gasteiger partial charge in [0.2, 0.25) is 0 Å². The summed E-state index contributed by atoms with van der Waals surface area (Å²) in [6.07, 6.45) is 7.79. The number of H-pyrrole nitrogens is 1. The molecular formula is C27H29FN6O4S. The Kier molecular flexibility index (Phi) is 6.95. The zero-order valence-corrected chi connectivity index (χ0v) is 22.8. The summed E-state index contributed by atoms with van der Waals surface area (Å²) in [5, 5.41) is 0.491. The van der Waals surface area contributed by atoms with Gasteiger partial charge in [-0.05, 0) is 31.0 Å². The Morgan fingerprint density at radius 2 is 1.85 bits per heavy atom. The number of rotatable bonds is 10. The topological polar surface area (TPSA) is 130 Å². The first-order chi connectivity index (χ1) is 18.6. The Balaban J connectivity index is 1.45. The summed E-state index contributed by atoms with van der Waals surface area (Å²) < 4.78 is 50.2. The molecule has 1 aliphatic rings. The van der Waals surface area contributed by atoms with Crippen LogP contribution in [0.1, 0.15) is 54.4 Å². The second-order valence-corrected chi connectivity index (χ2v) is 11.7. The molecule has 204 valence electrons. The van der Waals surface area contributed by atoms with Crippen LogP contribution in [0.15, 0.2) is 49.1 Å². The number of likely N-dealkylation sites (N-methyl/N-ethyl adjacent to an activating group) is 1. The van der Waals surface area contributed by atoms with Crippen LogP contribution in [-0.2, 0) is 14.9 Å². The third-order valence-corrected chi connectivity index (χ3v) is 8.63. The van der Waals surface area contributed by atoms with Crippen molar-refractivity contribution in [2.24, 2.45) is 0 Å². The maximum atomic E-state index is 15.6. The van der Waals surface area contributed by atoms with E-state index in [1.54, 1.807) is 24.7 Å². The number of anilines is 1. The number of hydrogen-bond donors (Lipinski definition) is 2. The summed E-state index contributed by atoms with van der Waals surface area (Å²) in [4.78, 5) is 29.6. The van der Waals surface area contributed by atoms with E-state index >= 15 is 4.39 Å². The third kappa shape index (κ3) is 5.02. The maximum absolute atomic E-state index is 15.6. The van der Waals surface area contributed by atoms with Crippen molar-refractivity contribution < 1.29 is 22.3 Å². The first kappa shape index (κ1) is 26.9. The van der Waals surface area contributed by atoms with Crippen LogP contribution in [0.5, 0.6) is 0 Å². The molecule has 1 fully saturated rings. The molecule has 3 aromatic heterocycles. The summed E-state index contributed by atoms with van der Waals surface area (Å²) in [6.45, 7) is 4.24. The van der Waals surface area contributed by atoms with Crippen LogP contribution < -0.4 is 4.72 Å². The smallest absolute Gasteiger partial charge is 0.302 e. The number of ether oxygens (including phenoxy) is 1. The fraction of sp³-hybridized carbons (Fsp3) is 0.333. The van der Waals surface area contributed by atoms with Gasteiger partial charge in [-0.15, -0.1) is 0 Å². The van der Waals surface area contributed by atoms with Gasteiger partial charge in [0.25, 0.3) is 0 Å². The Labute approximate surface area is 225 Å². The Morgan fingerprint density at radius 3 is 2.49 bits per heavy atom. The lowest BCUT2D eigenvalue weighted by molar-refractivity contribution is 0.103. The van der Waals surface area contributed by atoms with Gasteiger partial charge in [0.1, 0.15) is 11.5 Å². The summed E-state index contributed by atoms with van der Waals surface area (Å²) in [7, 11) is -1.17. The minimum absolute atomic E-state index is 0.185. The number of halogens is 1. The second-order valence-electron chi connectivity index (χ2n) is 10.0. The molecular weight excluding hydrogens is 523 g/mol. The van der Waals surface area contributed by atoms with E-state index in [1.807, 2.05) is 13.8 Å². The number of nitrogens with one attached hydrogen (secondary N) is 2. The van der Waals surface area contributed by atoms with Crippen LogP contribution in [0, 0.1) is 5.82 Å². The van der Waals surface area contributed by atoms with Crippen LogP contribution in [0.4, 0.5) is 10.1 Å². The second kappa shape index (κ2) is 10.1. The highest BCUT2D eigenvalue weighted by Crippen LogP contribution is 2.42. The van der Waals surface area contributed by atoms with Gasteiger partial charge in [0.05, 0.1) is 23.4 Å². The summed E-state index contributed by atoms with van der Waals surface area (Å²) in [5.74, 6) is -0.679. The van der Waals surface area contributed by atoms with Gasteiger partial charge in [-0.2, -0.15) is 12.7 Å². The predicted octanol–water partition coefficient (Wildman–Crippen LogP) is 4.28. The number of ketones is 1. The molecule has 2 N–H and O–H groups in total. The minimum Gasteiger partial charge on any atom is -0.383 e. The molecule has 3 heterocycles. The summed E-state index contributed by atoms with van der Waals surface area (Å²) in [5.41, 5.74) is 0.831. The number of pyridine rings is 1. The van der Waals surface area contributed by atoms with Gasteiger partial charge >= 0.3 is 10.2 Å². The van der Waals surface area contributed by atoms with Crippen molar-refractivity contribution in [3.8, 4) is 11.1 Å². The van der Waals surface area contributed by atoms with Crippen molar-refractivity contribution in [3.63, 3.8) is 0 Å². The number of benzene rings is 1. The molecule has 0 bridgehead atoms. The molecule has 5 rings (SSSR count). The van der Waals surface area contributed by atoms with Crippen molar-refractivity contribution in [2.75, 3.05) is 25.5 Å². The molecule has 1 aromatic carbocycles. The van der Waals surface area contributed by atoms with Crippen LogP contribution in [0.25, 0.3) is 22.2 Å². The first-order valence-corrected chi connectivity index (χ1v) is 13.9. The average Bonchev–Trinajstić information content (AvgIpc) is 3.58. The van der Waals surface area contributed by atoms with Gasteiger partial charge in [-0.25, -0.2) is 19.3 Å². The van der Waals surface area contributed by atoms with E-state index in [2.05, 4.69) is 24.7 Å². The molecule has 1 aliphatic carbocycles. The molecule has 0 unspecified atom stereocenters. The molecule has 10 nitrogen and oxygen atoms in total. The third-order valence-electron chi connectivity index (χ3n) is 7.05. The normalized spacial score (nSPS) is 14.7. The van der Waals surface area contributed by atoms with E-state index in [-0.39, 0.29) is 29.3 Å². The zero-order chi connectivity index (χ0) is 27.9. The van der Waals surface area contributed by atoms with Gasteiger partial charge in [-0.3, -0.25) is 9.52 Å². The molecule has 12 heteroatoms. The molecule has 0 radical (unpaired) electrons.